The topological polar surface area (TPSA) is 121 Å². The fraction of sp³-hybridized carbons (Fsp3) is 0.575. The number of hydrogen-bond donors (Lipinski definition) is 1. The Hall–Kier alpha value is -3.90. The van der Waals surface area contributed by atoms with Crippen LogP contribution >= 0.6 is 0 Å². The van der Waals surface area contributed by atoms with E-state index >= 15 is 0 Å². The van der Waals surface area contributed by atoms with Gasteiger partial charge in [-0.25, -0.2) is 13.1 Å². The quantitative estimate of drug-likeness (QED) is 0.303. The third-order valence-corrected chi connectivity index (χ3v) is 13.3. The molecule has 280 valence electrons. The van der Waals surface area contributed by atoms with E-state index < -0.39 is 21.3 Å². The van der Waals surface area contributed by atoms with Crippen molar-refractivity contribution in [2.75, 3.05) is 46.1 Å². The highest BCUT2D eigenvalue weighted by Crippen LogP contribution is 2.53. The number of benzene rings is 2. The SMILES string of the molecule is COc1ccc(-c2c(C3CCCCC3)c3ccc(C(=O)NS(=O)(=O)CC(C)C)cc3n2CC2(C(=O)N3C4CN(C)CC3CN(C(C)=O)C4)CC2)cc1. The number of amides is 3. The molecule has 11 nitrogen and oxygen atoms in total. The zero-order chi connectivity index (χ0) is 36.9. The van der Waals surface area contributed by atoms with Crippen LogP contribution in [0.3, 0.4) is 0 Å². The number of aromatic nitrogens is 1. The van der Waals surface area contributed by atoms with Crippen LogP contribution in [0, 0.1) is 11.3 Å². The second-order valence-corrected chi connectivity index (χ2v) is 18.0. The van der Waals surface area contributed by atoms with E-state index in [1.807, 2.05) is 29.2 Å². The number of rotatable bonds is 10. The molecule has 4 aliphatic rings. The molecule has 2 unspecified atom stereocenters. The molecule has 2 aliphatic carbocycles. The lowest BCUT2D eigenvalue weighted by molar-refractivity contribution is -0.156. The molecule has 2 aliphatic heterocycles. The minimum absolute atomic E-state index is 0.0443. The molecular weight excluding hydrogens is 679 g/mol. The minimum Gasteiger partial charge on any atom is -0.497 e. The van der Waals surface area contributed by atoms with Gasteiger partial charge in [0.1, 0.15) is 5.75 Å². The first-order valence-corrected chi connectivity index (χ1v) is 20.6. The van der Waals surface area contributed by atoms with Crippen LogP contribution in [-0.2, 0) is 26.2 Å². The van der Waals surface area contributed by atoms with Gasteiger partial charge in [0.2, 0.25) is 21.8 Å². The number of piperazine rings is 2. The van der Waals surface area contributed by atoms with Gasteiger partial charge in [0, 0.05) is 56.1 Å². The highest BCUT2D eigenvalue weighted by Gasteiger charge is 2.56. The van der Waals surface area contributed by atoms with E-state index in [0.29, 0.717) is 25.6 Å². The van der Waals surface area contributed by atoms with Crippen LogP contribution in [-0.4, -0.2) is 104 Å². The van der Waals surface area contributed by atoms with E-state index in [1.54, 1.807) is 33.9 Å². The molecule has 52 heavy (non-hydrogen) atoms. The Bertz CT molecular complexity index is 1950. The average molecular weight is 732 g/mol. The summed E-state index contributed by atoms with van der Waals surface area (Å²) in [5.41, 5.74) is 3.77. The Kier molecular flexibility index (Phi) is 9.92. The van der Waals surface area contributed by atoms with E-state index in [0.717, 1.165) is 79.5 Å². The van der Waals surface area contributed by atoms with E-state index in [4.69, 9.17) is 4.74 Å². The normalized spacial score (nSPS) is 22.1. The first-order valence-electron chi connectivity index (χ1n) is 18.9. The Balaban J connectivity index is 1.35. The van der Waals surface area contributed by atoms with Gasteiger partial charge in [-0.15, -0.1) is 0 Å². The van der Waals surface area contributed by atoms with Crippen LogP contribution in [0.5, 0.6) is 5.75 Å². The predicted molar refractivity (Wildman–Crippen MR) is 202 cm³/mol. The molecule has 3 heterocycles. The third kappa shape index (κ3) is 7.08. The van der Waals surface area contributed by atoms with Gasteiger partial charge in [-0.2, -0.15) is 0 Å². The molecule has 2 atom stereocenters. The van der Waals surface area contributed by atoms with Crippen molar-refractivity contribution >= 4 is 38.6 Å². The van der Waals surface area contributed by atoms with E-state index in [1.165, 1.54) is 12.0 Å². The zero-order valence-electron chi connectivity index (χ0n) is 31.2. The number of fused-ring (bicyclic) bond motifs is 3. The molecule has 4 fully saturated rings. The van der Waals surface area contributed by atoms with Crippen molar-refractivity contribution in [2.24, 2.45) is 11.3 Å². The van der Waals surface area contributed by atoms with Crippen LogP contribution in [0.2, 0.25) is 0 Å². The Morgan fingerprint density at radius 1 is 0.942 bits per heavy atom. The Morgan fingerprint density at radius 2 is 1.60 bits per heavy atom. The van der Waals surface area contributed by atoms with Gasteiger partial charge >= 0.3 is 0 Å². The average Bonchev–Trinajstić information content (AvgIpc) is 3.82. The smallest absolute Gasteiger partial charge is 0.264 e. The number of nitrogens with zero attached hydrogens (tertiary/aromatic N) is 4. The molecule has 3 aromatic rings. The van der Waals surface area contributed by atoms with Crippen molar-refractivity contribution in [2.45, 2.75) is 90.3 Å². The molecule has 0 spiro atoms. The lowest BCUT2D eigenvalue weighted by Crippen LogP contribution is -2.70. The summed E-state index contributed by atoms with van der Waals surface area (Å²) in [4.78, 5) is 47.2. The molecule has 1 N–H and O–H groups in total. The zero-order valence-corrected chi connectivity index (χ0v) is 32.0. The number of hydrogen-bond acceptors (Lipinski definition) is 7. The maximum atomic E-state index is 14.9. The molecule has 0 radical (unpaired) electrons. The summed E-state index contributed by atoms with van der Waals surface area (Å²) in [6.45, 7) is 8.16. The number of carbonyl (C=O) groups excluding carboxylic acids is 3. The summed E-state index contributed by atoms with van der Waals surface area (Å²) in [7, 11) is -0.0859. The molecule has 12 heteroatoms. The van der Waals surface area contributed by atoms with Gasteiger partial charge in [-0.3, -0.25) is 14.4 Å². The van der Waals surface area contributed by atoms with Gasteiger partial charge in [-0.05, 0) is 92.1 Å². The van der Waals surface area contributed by atoms with Gasteiger partial charge in [0.15, 0.2) is 0 Å². The van der Waals surface area contributed by atoms with Crippen LogP contribution in [0.1, 0.15) is 87.6 Å². The van der Waals surface area contributed by atoms with Gasteiger partial charge in [-0.1, -0.05) is 39.2 Å². The first-order chi connectivity index (χ1) is 24.8. The lowest BCUT2D eigenvalue weighted by atomic mass is 9.81. The molecule has 2 aromatic carbocycles. The molecule has 1 aromatic heterocycles. The summed E-state index contributed by atoms with van der Waals surface area (Å²) in [6, 6.07) is 13.5. The van der Waals surface area contributed by atoms with Crippen LogP contribution < -0.4 is 9.46 Å². The number of methoxy groups -OCH3 is 1. The van der Waals surface area contributed by atoms with Crippen molar-refractivity contribution in [3.8, 4) is 17.0 Å². The monoisotopic (exact) mass is 731 g/mol. The van der Waals surface area contributed by atoms with Gasteiger partial charge < -0.3 is 24.0 Å². The van der Waals surface area contributed by atoms with Crippen LogP contribution in [0.15, 0.2) is 42.5 Å². The molecule has 3 amide bonds. The number of carbonyl (C=O) groups is 3. The Morgan fingerprint density at radius 3 is 2.17 bits per heavy atom. The number of ether oxygens (including phenoxy) is 1. The lowest BCUT2D eigenvalue weighted by Gasteiger charge is -2.53. The van der Waals surface area contributed by atoms with Crippen LogP contribution in [0.4, 0.5) is 0 Å². The summed E-state index contributed by atoms with van der Waals surface area (Å²) < 4.78 is 35.7. The van der Waals surface area contributed by atoms with Crippen molar-refractivity contribution in [3.05, 3.63) is 53.6 Å². The Labute approximate surface area is 307 Å². The highest BCUT2D eigenvalue weighted by atomic mass is 32.2. The van der Waals surface area contributed by atoms with Gasteiger partial charge in [0.25, 0.3) is 5.91 Å². The molecule has 2 saturated heterocycles. The van der Waals surface area contributed by atoms with Crippen LogP contribution in [0.25, 0.3) is 22.2 Å². The summed E-state index contributed by atoms with van der Waals surface area (Å²) in [6.07, 6.45) is 7.09. The van der Waals surface area contributed by atoms with E-state index in [2.05, 4.69) is 38.3 Å². The second kappa shape index (κ2) is 14.2. The standard InChI is InChI=1S/C40H53N5O6S/c1-26(2)24-52(49,50)41-38(47)30-13-16-34-35(19-30)44(37(29-11-14-33(51-5)15-12-29)36(34)28-9-7-6-8-10-28)25-40(17-18-40)39(48)45-31-20-42(4)21-32(45)23-43(22-31)27(3)46/h11-16,19,26,28,31-32H,6-10,17-18,20-25H2,1-5H3,(H,41,47). The first kappa shape index (κ1) is 36.5. The van der Waals surface area contributed by atoms with Crippen molar-refractivity contribution < 1.29 is 27.5 Å². The third-order valence-electron chi connectivity index (χ3n) is 11.7. The van der Waals surface area contributed by atoms with Crippen molar-refractivity contribution in [3.63, 3.8) is 0 Å². The summed E-state index contributed by atoms with van der Waals surface area (Å²) >= 11 is 0. The fourth-order valence-corrected chi connectivity index (χ4v) is 10.5. The number of sulfonamides is 1. The predicted octanol–water partition coefficient (Wildman–Crippen LogP) is 5.23. The van der Waals surface area contributed by atoms with Crippen molar-refractivity contribution in [1.29, 1.82) is 0 Å². The maximum absolute atomic E-state index is 14.9. The van der Waals surface area contributed by atoms with Gasteiger partial charge in [0.05, 0.1) is 36.1 Å². The molecule has 2 saturated carbocycles. The largest absolute Gasteiger partial charge is 0.497 e. The highest BCUT2D eigenvalue weighted by molar-refractivity contribution is 7.90. The number of likely N-dealkylation sites (N-methyl/N-ethyl adjacent to an activating group) is 1. The van der Waals surface area contributed by atoms with Crippen molar-refractivity contribution in [1.82, 2.24) is 24.0 Å². The molecule has 7 rings (SSSR count). The summed E-state index contributed by atoms with van der Waals surface area (Å²) in [5.74, 6) is 0.319. The fourth-order valence-electron chi connectivity index (χ4n) is 9.13. The molecular formula is C40H53N5O6S. The maximum Gasteiger partial charge on any atom is 0.264 e. The summed E-state index contributed by atoms with van der Waals surface area (Å²) in [5, 5.41) is 1.04. The second-order valence-electron chi connectivity index (χ2n) is 16.2. The van der Waals surface area contributed by atoms with E-state index in [-0.39, 0.29) is 41.1 Å². The minimum atomic E-state index is -3.82. The molecule has 2 bridgehead atoms. The van der Waals surface area contributed by atoms with E-state index in [9.17, 15) is 22.8 Å². The number of nitrogens with one attached hydrogen (secondary N) is 1.